The zero-order valence-electron chi connectivity index (χ0n) is 12.2. The highest BCUT2D eigenvalue weighted by Gasteiger charge is 2.06. The van der Waals surface area contributed by atoms with Gasteiger partial charge in [-0.15, -0.1) is 0 Å². The molecule has 0 amide bonds. The van der Waals surface area contributed by atoms with Crippen LogP contribution in [0.2, 0.25) is 0 Å². The Bertz CT molecular complexity index is 595. The third-order valence-corrected chi connectivity index (χ3v) is 3.59. The van der Waals surface area contributed by atoms with Crippen LogP contribution in [0, 0.1) is 20.8 Å². The Hall–Kier alpha value is -1.89. The van der Waals surface area contributed by atoms with Crippen molar-refractivity contribution in [3.8, 4) is 0 Å². The topological polar surface area (TPSA) is 12.4 Å². The molecule has 0 saturated heterocycles. The van der Waals surface area contributed by atoms with Crippen LogP contribution in [0.5, 0.6) is 0 Å². The lowest BCUT2D eigenvalue weighted by molar-refractivity contribution is 1.22. The molecule has 0 aliphatic rings. The van der Waals surface area contributed by atoms with Crippen LogP contribution in [0.15, 0.2) is 47.5 Å². The molecule has 0 atom stereocenters. The van der Waals surface area contributed by atoms with Crippen LogP contribution >= 0.6 is 0 Å². The van der Waals surface area contributed by atoms with Gasteiger partial charge in [0.2, 0.25) is 0 Å². The zero-order chi connectivity index (χ0) is 13.8. The molecule has 0 radical (unpaired) electrons. The minimum absolute atomic E-state index is 0.941. The normalized spacial score (nSPS) is 11.7. The van der Waals surface area contributed by atoms with E-state index in [1.54, 1.807) is 0 Å². The lowest BCUT2D eigenvalue weighted by Crippen LogP contribution is -1.99. The van der Waals surface area contributed by atoms with E-state index in [0.29, 0.717) is 0 Å². The smallest absolute Gasteiger partial charge is 0.0694 e. The molecule has 0 aromatic heterocycles. The average molecular weight is 251 g/mol. The van der Waals surface area contributed by atoms with Gasteiger partial charge < -0.3 is 0 Å². The molecular weight excluding hydrogens is 230 g/mol. The van der Waals surface area contributed by atoms with Crippen LogP contribution in [0.4, 0.5) is 5.69 Å². The van der Waals surface area contributed by atoms with Crippen LogP contribution in [0.1, 0.15) is 35.6 Å². The molecule has 98 valence electrons. The number of benzene rings is 2. The lowest BCUT2D eigenvalue weighted by Gasteiger charge is -2.11. The second-order valence-corrected chi connectivity index (χ2v) is 4.95. The van der Waals surface area contributed by atoms with Crippen LogP contribution in [0.3, 0.4) is 0 Å². The van der Waals surface area contributed by atoms with E-state index in [4.69, 9.17) is 4.99 Å². The molecule has 0 saturated carbocycles. The van der Waals surface area contributed by atoms with Gasteiger partial charge in [-0.25, -0.2) is 0 Å². The first-order valence-corrected chi connectivity index (χ1v) is 6.83. The third kappa shape index (κ3) is 2.93. The highest BCUT2D eigenvalue weighted by molar-refractivity contribution is 6.02. The molecular formula is C18H21N. The number of hydrogen-bond acceptors (Lipinski definition) is 1. The summed E-state index contributed by atoms with van der Waals surface area (Å²) in [6, 6.07) is 14.7. The first-order chi connectivity index (χ1) is 9.13. The highest BCUT2D eigenvalue weighted by Crippen LogP contribution is 2.27. The Balaban J connectivity index is 2.53. The number of aliphatic imine (C=N–C) groups is 1. The fraction of sp³-hybridized carbons (Fsp3) is 0.278. The summed E-state index contributed by atoms with van der Waals surface area (Å²) in [5.41, 5.74) is 7.31. The lowest BCUT2D eigenvalue weighted by atomic mass is 10.0. The Labute approximate surface area is 116 Å². The first-order valence-electron chi connectivity index (χ1n) is 6.83. The zero-order valence-corrected chi connectivity index (χ0v) is 12.2. The maximum absolute atomic E-state index is 4.92. The predicted molar refractivity (Wildman–Crippen MR) is 83.6 cm³/mol. The largest absolute Gasteiger partial charge is 0.252 e. The van der Waals surface area contributed by atoms with Crippen molar-refractivity contribution >= 4 is 11.4 Å². The number of rotatable bonds is 3. The quantitative estimate of drug-likeness (QED) is 0.669. The van der Waals surface area contributed by atoms with Crippen molar-refractivity contribution in [3.63, 3.8) is 0 Å². The van der Waals surface area contributed by atoms with E-state index in [9.17, 15) is 0 Å². The predicted octanol–water partition coefficient (Wildman–Crippen LogP) is 5.14. The molecule has 0 heterocycles. The van der Waals surface area contributed by atoms with Crippen molar-refractivity contribution in [1.29, 1.82) is 0 Å². The van der Waals surface area contributed by atoms with E-state index >= 15 is 0 Å². The summed E-state index contributed by atoms with van der Waals surface area (Å²) in [6.45, 7) is 8.58. The molecule has 2 aromatic rings. The molecule has 19 heavy (non-hydrogen) atoms. The third-order valence-electron chi connectivity index (χ3n) is 3.59. The Kier molecular flexibility index (Phi) is 4.16. The van der Waals surface area contributed by atoms with Crippen molar-refractivity contribution in [3.05, 3.63) is 64.7 Å². The fourth-order valence-corrected chi connectivity index (χ4v) is 2.22. The molecule has 0 aliphatic heterocycles. The Morgan fingerprint density at radius 2 is 1.53 bits per heavy atom. The van der Waals surface area contributed by atoms with Crippen molar-refractivity contribution in [1.82, 2.24) is 0 Å². The van der Waals surface area contributed by atoms with Gasteiger partial charge in [-0.3, -0.25) is 4.99 Å². The molecule has 1 heteroatoms. The van der Waals surface area contributed by atoms with E-state index < -0.39 is 0 Å². The maximum Gasteiger partial charge on any atom is 0.0694 e. The number of hydrogen-bond donors (Lipinski definition) is 0. The van der Waals surface area contributed by atoms with Gasteiger partial charge in [0.1, 0.15) is 0 Å². The summed E-state index contributed by atoms with van der Waals surface area (Å²) >= 11 is 0. The minimum Gasteiger partial charge on any atom is -0.252 e. The highest BCUT2D eigenvalue weighted by atomic mass is 14.8. The van der Waals surface area contributed by atoms with Crippen LogP contribution in [-0.2, 0) is 0 Å². The average Bonchev–Trinajstić information content (AvgIpc) is 2.44. The summed E-state index contributed by atoms with van der Waals surface area (Å²) < 4.78 is 0. The summed E-state index contributed by atoms with van der Waals surface area (Å²) in [4.78, 5) is 4.92. The SMILES string of the molecule is CCC(=Nc1c(C)ccc(C)c1C)c1ccccc1. The van der Waals surface area contributed by atoms with E-state index in [0.717, 1.165) is 17.8 Å². The van der Waals surface area contributed by atoms with Gasteiger partial charge in [0.25, 0.3) is 0 Å². The van der Waals surface area contributed by atoms with Gasteiger partial charge in [0.15, 0.2) is 0 Å². The van der Waals surface area contributed by atoms with Gasteiger partial charge in [0, 0.05) is 5.71 Å². The van der Waals surface area contributed by atoms with Crippen LogP contribution in [0.25, 0.3) is 0 Å². The summed E-state index contributed by atoms with van der Waals surface area (Å²) in [5.74, 6) is 0. The van der Waals surface area contributed by atoms with E-state index in [2.05, 4.69) is 64.1 Å². The van der Waals surface area contributed by atoms with Crippen molar-refractivity contribution in [2.45, 2.75) is 34.1 Å². The van der Waals surface area contributed by atoms with Crippen LogP contribution in [-0.4, -0.2) is 5.71 Å². The summed E-state index contributed by atoms with van der Waals surface area (Å²) in [7, 11) is 0. The molecule has 0 spiro atoms. The molecule has 2 aromatic carbocycles. The molecule has 1 nitrogen and oxygen atoms in total. The second-order valence-electron chi connectivity index (χ2n) is 4.95. The monoisotopic (exact) mass is 251 g/mol. The molecule has 2 rings (SSSR count). The molecule has 0 N–H and O–H groups in total. The first kappa shape index (κ1) is 13.5. The standard InChI is InChI=1S/C18H21N/c1-5-17(16-9-7-6-8-10-16)19-18-14(3)12-11-13(2)15(18)4/h6-12H,5H2,1-4H3. The Morgan fingerprint density at radius 3 is 2.16 bits per heavy atom. The molecule has 0 bridgehead atoms. The molecule has 0 aliphatic carbocycles. The summed E-state index contributed by atoms with van der Waals surface area (Å²) in [5, 5.41) is 0. The van der Waals surface area contributed by atoms with E-state index in [1.165, 1.54) is 22.3 Å². The van der Waals surface area contributed by atoms with E-state index in [1.807, 2.05) is 6.07 Å². The van der Waals surface area contributed by atoms with Crippen molar-refractivity contribution in [2.24, 2.45) is 4.99 Å². The van der Waals surface area contributed by atoms with Gasteiger partial charge in [-0.2, -0.15) is 0 Å². The van der Waals surface area contributed by atoms with Gasteiger partial charge >= 0.3 is 0 Å². The molecule has 0 unspecified atom stereocenters. The fourth-order valence-electron chi connectivity index (χ4n) is 2.22. The minimum atomic E-state index is 0.941. The van der Waals surface area contributed by atoms with Gasteiger partial charge in [-0.1, -0.05) is 49.4 Å². The van der Waals surface area contributed by atoms with Crippen LogP contribution < -0.4 is 0 Å². The second kappa shape index (κ2) is 5.83. The van der Waals surface area contributed by atoms with Crippen molar-refractivity contribution < 1.29 is 0 Å². The van der Waals surface area contributed by atoms with Crippen molar-refractivity contribution in [2.75, 3.05) is 0 Å². The summed E-state index contributed by atoms with van der Waals surface area (Å²) in [6.07, 6.45) is 0.941. The van der Waals surface area contributed by atoms with Gasteiger partial charge in [-0.05, 0) is 49.4 Å². The molecule has 0 fully saturated rings. The number of aryl methyl sites for hydroxylation is 2. The van der Waals surface area contributed by atoms with E-state index in [-0.39, 0.29) is 0 Å². The van der Waals surface area contributed by atoms with Gasteiger partial charge in [0.05, 0.1) is 5.69 Å². The number of nitrogens with zero attached hydrogens (tertiary/aromatic N) is 1. The Morgan fingerprint density at radius 1 is 0.895 bits per heavy atom. The maximum atomic E-state index is 4.92.